The maximum absolute atomic E-state index is 6.07. The van der Waals surface area contributed by atoms with E-state index in [0.29, 0.717) is 28.2 Å². The van der Waals surface area contributed by atoms with Gasteiger partial charge in [0.2, 0.25) is 0 Å². The van der Waals surface area contributed by atoms with Gasteiger partial charge in [0.25, 0.3) is 0 Å². The highest BCUT2D eigenvalue weighted by Gasteiger charge is 2.08. The minimum Gasteiger partial charge on any atom is -0.372 e. The molecule has 96 valence electrons. The quantitative estimate of drug-likeness (QED) is 0.852. The minimum absolute atomic E-state index is 0.488. The summed E-state index contributed by atoms with van der Waals surface area (Å²) in [6, 6.07) is 5.48. The van der Waals surface area contributed by atoms with Crippen molar-refractivity contribution in [3.63, 3.8) is 0 Å². The number of thiophene rings is 1. The number of halogens is 3. The van der Waals surface area contributed by atoms with Crippen molar-refractivity contribution >= 4 is 57.8 Å². The molecule has 0 atom stereocenters. The van der Waals surface area contributed by atoms with Gasteiger partial charge in [-0.2, -0.15) is 0 Å². The lowest BCUT2D eigenvalue weighted by molar-refractivity contribution is 1.14. The standard InChI is InChI=1S/C11H10Cl3N3S/c1-15-10-7(12)4-8(13)11(17-10)16-5-6-2-3-9(14)18-6/h2-4H,5H2,1H3,(H2,15,16,17). The van der Waals surface area contributed by atoms with Gasteiger partial charge in [-0.15, -0.1) is 11.3 Å². The minimum atomic E-state index is 0.488. The molecule has 0 aliphatic carbocycles. The van der Waals surface area contributed by atoms with Crippen LogP contribution < -0.4 is 10.6 Å². The predicted molar refractivity (Wildman–Crippen MR) is 80.5 cm³/mol. The molecule has 0 aromatic carbocycles. The molecule has 2 rings (SSSR count). The van der Waals surface area contributed by atoms with Crippen molar-refractivity contribution in [3.8, 4) is 0 Å². The lowest BCUT2D eigenvalue weighted by atomic mass is 10.4. The molecule has 3 nitrogen and oxygen atoms in total. The van der Waals surface area contributed by atoms with Crippen molar-refractivity contribution in [1.82, 2.24) is 4.98 Å². The monoisotopic (exact) mass is 321 g/mol. The summed E-state index contributed by atoms with van der Waals surface area (Å²) in [5.41, 5.74) is 0. The second-order valence-corrected chi connectivity index (χ2v) is 6.07. The Kier molecular flexibility index (Phi) is 4.56. The molecule has 18 heavy (non-hydrogen) atoms. The summed E-state index contributed by atoms with van der Waals surface area (Å²) >= 11 is 19.4. The first-order chi connectivity index (χ1) is 8.60. The highest BCUT2D eigenvalue weighted by Crippen LogP contribution is 2.30. The Morgan fingerprint density at radius 3 is 2.50 bits per heavy atom. The molecule has 2 N–H and O–H groups in total. The molecule has 0 amide bonds. The van der Waals surface area contributed by atoms with Crippen LogP contribution in [-0.2, 0) is 6.54 Å². The van der Waals surface area contributed by atoms with Gasteiger partial charge in [-0.05, 0) is 18.2 Å². The number of nitrogens with one attached hydrogen (secondary N) is 2. The van der Waals surface area contributed by atoms with Crippen LogP contribution >= 0.6 is 46.1 Å². The van der Waals surface area contributed by atoms with E-state index >= 15 is 0 Å². The molecule has 0 unspecified atom stereocenters. The largest absolute Gasteiger partial charge is 0.372 e. The van der Waals surface area contributed by atoms with Crippen molar-refractivity contribution in [1.29, 1.82) is 0 Å². The molecular weight excluding hydrogens is 313 g/mol. The number of anilines is 2. The Hall–Kier alpha value is -0.680. The van der Waals surface area contributed by atoms with Gasteiger partial charge in [0.1, 0.15) is 11.6 Å². The molecule has 2 heterocycles. The summed E-state index contributed by atoms with van der Waals surface area (Å²) in [6.07, 6.45) is 0. The van der Waals surface area contributed by atoms with Gasteiger partial charge in [-0.25, -0.2) is 4.98 Å². The number of aromatic nitrogens is 1. The highest BCUT2D eigenvalue weighted by molar-refractivity contribution is 7.16. The summed E-state index contributed by atoms with van der Waals surface area (Å²) in [5.74, 6) is 1.18. The number of hydrogen-bond acceptors (Lipinski definition) is 4. The molecular formula is C11H10Cl3N3S. The van der Waals surface area contributed by atoms with Crippen molar-refractivity contribution in [2.75, 3.05) is 17.7 Å². The van der Waals surface area contributed by atoms with Crippen LogP contribution in [-0.4, -0.2) is 12.0 Å². The summed E-state index contributed by atoms with van der Waals surface area (Å²) in [5, 5.41) is 7.04. The topological polar surface area (TPSA) is 37.0 Å². The number of pyridine rings is 1. The summed E-state index contributed by atoms with van der Waals surface area (Å²) in [7, 11) is 1.75. The van der Waals surface area contributed by atoms with E-state index in [4.69, 9.17) is 34.8 Å². The van der Waals surface area contributed by atoms with Gasteiger partial charge in [-0.1, -0.05) is 34.8 Å². The zero-order chi connectivity index (χ0) is 13.1. The van der Waals surface area contributed by atoms with E-state index < -0.39 is 0 Å². The van der Waals surface area contributed by atoms with Gasteiger partial charge in [0.15, 0.2) is 0 Å². The van der Waals surface area contributed by atoms with Crippen molar-refractivity contribution < 1.29 is 0 Å². The molecule has 0 aliphatic heterocycles. The van der Waals surface area contributed by atoms with Gasteiger partial charge in [0.05, 0.1) is 20.9 Å². The molecule has 0 saturated carbocycles. The van der Waals surface area contributed by atoms with E-state index in [2.05, 4.69) is 15.6 Å². The van der Waals surface area contributed by atoms with E-state index in [-0.39, 0.29) is 0 Å². The molecule has 0 aliphatic rings. The van der Waals surface area contributed by atoms with Crippen LogP contribution in [0.3, 0.4) is 0 Å². The molecule has 0 radical (unpaired) electrons. The molecule has 0 bridgehead atoms. The molecule has 2 aromatic heterocycles. The first-order valence-corrected chi connectivity index (χ1v) is 7.07. The fourth-order valence-electron chi connectivity index (χ4n) is 1.38. The van der Waals surface area contributed by atoms with E-state index in [9.17, 15) is 0 Å². The van der Waals surface area contributed by atoms with Gasteiger partial charge in [-0.3, -0.25) is 0 Å². The third-order valence-electron chi connectivity index (χ3n) is 2.23. The average molecular weight is 323 g/mol. The second-order valence-electron chi connectivity index (χ2n) is 3.46. The van der Waals surface area contributed by atoms with Gasteiger partial charge >= 0.3 is 0 Å². The van der Waals surface area contributed by atoms with Crippen LogP contribution in [0.15, 0.2) is 18.2 Å². The zero-order valence-corrected chi connectivity index (χ0v) is 12.5. The predicted octanol–water partition coefficient (Wildman–Crippen LogP) is 4.76. The molecule has 2 aromatic rings. The van der Waals surface area contributed by atoms with Crippen LogP contribution in [0.1, 0.15) is 4.88 Å². The Balaban J connectivity index is 2.13. The number of hydrogen-bond donors (Lipinski definition) is 2. The summed E-state index contributed by atoms with van der Waals surface area (Å²) in [6.45, 7) is 0.620. The average Bonchev–Trinajstić information content (AvgIpc) is 2.74. The summed E-state index contributed by atoms with van der Waals surface area (Å²) in [4.78, 5) is 5.41. The molecule has 7 heteroatoms. The van der Waals surface area contributed by atoms with E-state index in [1.165, 1.54) is 11.3 Å². The lowest BCUT2D eigenvalue weighted by Crippen LogP contribution is -2.03. The van der Waals surface area contributed by atoms with E-state index in [1.807, 2.05) is 12.1 Å². The Morgan fingerprint density at radius 1 is 1.17 bits per heavy atom. The normalized spacial score (nSPS) is 10.4. The second kappa shape index (κ2) is 5.97. The van der Waals surface area contributed by atoms with Crippen LogP contribution in [0, 0.1) is 0 Å². The highest BCUT2D eigenvalue weighted by atomic mass is 35.5. The van der Waals surface area contributed by atoms with Gasteiger partial charge < -0.3 is 10.6 Å². The third kappa shape index (κ3) is 3.20. The van der Waals surface area contributed by atoms with Crippen molar-refractivity contribution in [2.45, 2.75) is 6.54 Å². The smallest absolute Gasteiger partial charge is 0.147 e. The van der Waals surface area contributed by atoms with E-state index in [0.717, 1.165) is 9.21 Å². The SMILES string of the molecule is CNc1nc(NCc2ccc(Cl)s2)c(Cl)cc1Cl. The summed E-state index contributed by atoms with van der Waals surface area (Å²) < 4.78 is 0.762. The fraction of sp³-hybridized carbons (Fsp3) is 0.182. The van der Waals surface area contributed by atoms with Crippen LogP contribution in [0.2, 0.25) is 14.4 Å². The first-order valence-electron chi connectivity index (χ1n) is 5.12. The third-order valence-corrected chi connectivity index (χ3v) is 4.03. The number of rotatable bonds is 4. The fourth-order valence-corrected chi connectivity index (χ4v) is 2.93. The van der Waals surface area contributed by atoms with Crippen LogP contribution in [0.25, 0.3) is 0 Å². The maximum Gasteiger partial charge on any atom is 0.147 e. The van der Waals surface area contributed by atoms with Crippen LogP contribution in [0.5, 0.6) is 0 Å². The first kappa shape index (κ1) is 13.7. The van der Waals surface area contributed by atoms with Crippen LogP contribution in [0.4, 0.5) is 11.6 Å². The molecule has 0 fully saturated rings. The Labute approximate surface area is 124 Å². The molecule has 0 saturated heterocycles. The number of nitrogens with zero attached hydrogens (tertiary/aromatic N) is 1. The van der Waals surface area contributed by atoms with Crippen molar-refractivity contribution in [3.05, 3.63) is 37.5 Å². The zero-order valence-electron chi connectivity index (χ0n) is 9.43. The molecule has 0 spiro atoms. The van der Waals surface area contributed by atoms with E-state index in [1.54, 1.807) is 13.1 Å². The lowest BCUT2D eigenvalue weighted by Gasteiger charge is -2.09. The maximum atomic E-state index is 6.07. The van der Waals surface area contributed by atoms with Crippen molar-refractivity contribution in [2.24, 2.45) is 0 Å². The van der Waals surface area contributed by atoms with Gasteiger partial charge in [0, 0.05) is 11.9 Å². The Morgan fingerprint density at radius 2 is 1.89 bits per heavy atom. The Bertz CT molecular complexity index is 556.